The highest BCUT2D eigenvalue weighted by molar-refractivity contribution is 5.95. The van der Waals surface area contributed by atoms with E-state index in [9.17, 15) is 4.79 Å². The number of hydrogen-bond donors (Lipinski definition) is 1. The van der Waals surface area contributed by atoms with E-state index in [0.29, 0.717) is 55.7 Å². The first-order valence-corrected chi connectivity index (χ1v) is 9.13. The molecule has 2 atom stereocenters. The summed E-state index contributed by atoms with van der Waals surface area (Å²) in [6.45, 7) is 10.6. The van der Waals surface area contributed by atoms with Crippen molar-refractivity contribution in [3.63, 3.8) is 0 Å². The first-order chi connectivity index (χ1) is 12.0. The number of hydrogen-bond acceptors (Lipinski definition) is 5. The van der Waals surface area contributed by atoms with E-state index in [0.717, 1.165) is 6.42 Å². The molecule has 0 saturated carbocycles. The molecule has 1 aliphatic rings. The van der Waals surface area contributed by atoms with Crippen molar-refractivity contribution in [3.8, 4) is 17.2 Å². The molecule has 6 nitrogen and oxygen atoms in total. The molecule has 1 aliphatic heterocycles. The number of likely N-dealkylation sites (tertiary alicyclic amines) is 1. The second-order valence-electron chi connectivity index (χ2n) is 6.28. The van der Waals surface area contributed by atoms with E-state index in [1.54, 1.807) is 12.1 Å². The number of benzene rings is 1. The third kappa shape index (κ3) is 5.17. The van der Waals surface area contributed by atoms with E-state index in [1.807, 2.05) is 25.7 Å². The predicted octanol–water partition coefficient (Wildman–Crippen LogP) is 3.11. The van der Waals surface area contributed by atoms with Gasteiger partial charge in [0.1, 0.15) is 0 Å². The lowest BCUT2D eigenvalue weighted by Crippen LogP contribution is -2.48. The van der Waals surface area contributed by atoms with E-state index in [4.69, 9.17) is 19.9 Å². The molecule has 2 unspecified atom stereocenters. The number of rotatable bonds is 7. The Morgan fingerprint density at radius 2 is 1.65 bits per heavy atom. The van der Waals surface area contributed by atoms with Crippen LogP contribution in [0.3, 0.4) is 0 Å². The molecule has 1 aromatic carbocycles. The second-order valence-corrected chi connectivity index (χ2v) is 6.28. The van der Waals surface area contributed by atoms with Crippen LogP contribution < -0.4 is 19.9 Å². The Morgan fingerprint density at radius 3 is 2.12 bits per heavy atom. The molecule has 7 heteroatoms. The zero-order valence-electron chi connectivity index (χ0n) is 16.1. The Morgan fingerprint density at radius 1 is 1.12 bits per heavy atom. The number of nitrogens with zero attached hydrogens (tertiary/aromatic N) is 1. The van der Waals surface area contributed by atoms with Crippen LogP contribution in [0.2, 0.25) is 0 Å². The highest BCUT2D eigenvalue weighted by Gasteiger charge is 2.28. The lowest BCUT2D eigenvalue weighted by molar-refractivity contribution is 0.0663. The summed E-state index contributed by atoms with van der Waals surface area (Å²) in [4.78, 5) is 14.8. The predicted molar refractivity (Wildman–Crippen MR) is 105 cm³/mol. The average Bonchev–Trinajstić information content (AvgIpc) is 2.59. The summed E-state index contributed by atoms with van der Waals surface area (Å²) in [5.41, 5.74) is 6.62. The second kappa shape index (κ2) is 10.5. The van der Waals surface area contributed by atoms with Crippen molar-refractivity contribution >= 4 is 18.3 Å². The Balaban J connectivity index is 0.00000338. The van der Waals surface area contributed by atoms with Gasteiger partial charge in [-0.05, 0) is 45.2 Å². The van der Waals surface area contributed by atoms with Crippen molar-refractivity contribution < 1.29 is 19.0 Å². The van der Waals surface area contributed by atoms with Gasteiger partial charge < -0.3 is 24.8 Å². The number of piperidine rings is 1. The number of carbonyl (C=O) groups is 1. The summed E-state index contributed by atoms with van der Waals surface area (Å²) >= 11 is 0. The maximum Gasteiger partial charge on any atom is 0.254 e. The van der Waals surface area contributed by atoms with Crippen LogP contribution in [0.4, 0.5) is 0 Å². The molecule has 0 aliphatic carbocycles. The van der Waals surface area contributed by atoms with Crippen LogP contribution in [0.5, 0.6) is 17.2 Å². The van der Waals surface area contributed by atoms with E-state index in [2.05, 4.69) is 6.92 Å². The van der Waals surface area contributed by atoms with Gasteiger partial charge in [0.15, 0.2) is 11.5 Å². The van der Waals surface area contributed by atoms with Gasteiger partial charge in [0.2, 0.25) is 5.75 Å². The molecule has 148 valence electrons. The largest absolute Gasteiger partial charge is 0.490 e. The maximum absolute atomic E-state index is 13.0. The molecule has 0 radical (unpaired) electrons. The fourth-order valence-corrected chi connectivity index (χ4v) is 3.04. The molecule has 1 heterocycles. The van der Waals surface area contributed by atoms with Crippen LogP contribution in [0.1, 0.15) is 44.5 Å². The van der Waals surface area contributed by atoms with Gasteiger partial charge in [-0.2, -0.15) is 0 Å². The lowest BCUT2D eigenvalue weighted by Gasteiger charge is -2.35. The first-order valence-electron chi connectivity index (χ1n) is 9.13. The van der Waals surface area contributed by atoms with Gasteiger partial charge in [-0.25, -0.2) is 0 Å². The van der Waals surface area contributed by atoms with Gasteiger partial charge in [0.05, 0.1) is 19.8 Å². The van der Waals surface area contributed by atoms with Crippen LogP contribution in [0, 0.1) is 5.92 Å². The number of amides is 1. The fourth-order valence-electron chi connectivity index (χ4n) is 3.04. The molecule has 2 N–H and O–H groups in total. The van der Waals surface area contributed by atoms with Gasteiger partial charge in [-0.1, -0.05) is 6.92 Å². The molecule has 0 aromatic heterocycles. The highest BCUT2D eigenvalue weighted by Crippen LogP contribution is 2.39. The number of carbonyl (C=O) groups excluding carboxylic acids is 1. The summed E-state index contributed by atoms with van der Waals surface area (Å²) in [5, 5.41) is 0. The van der Waals surface area contributed by atoms with Crippen molar-refractivity contribution in [2.75, 3.05) is 32.9 Å². The smallest absolute Gasteiger partial charge is 0.254 e. The Labute approximate surface area is 162 Å². The molecular weight excluding hydrogens is 356 g/mol. The molecule has 0 bridgehead atoms. The Bertz CT molecular complexity index is 570. The Hall–Kier alpha value is -1.66. The van der Waals surface area contributed by atoms with Crippen LogP contribution in [-0.2, 0) is 0 Å². The van der Waals surface area contributed by atoms with E-state index in [1.165, 1.54) is 0 Å². The topological polar surface area (TPSA) is 74.0 Å². The van der Waals surface area contributed by atoms with Gasteiger partial charge in [0.25, 0.3) is 5.91 Å². The van der Waals surface area contributed by atoms with Gasteiger partial charge in [-0.15, -0.1) is 12.4 Å². The molecule has 2 rings (SSSR count). The zero-order valence-corrected chi connectivity index (χ0v) is 16.9. The Kier molecular flexibility index (Phi) is 9.02. The summed E-state index contributed by atoms with van der Waals surface area (Å²) in [6.07, 6.45) is 0.820. The van der Waals surface area contributed by atoms with E-state index < -0.39 is 0 Å². The quantitative estimate of drug-likeness (QED) is 0.779. The van der Waals surface area contributed by atoms with Crippen LogP contribution in [-0.4, -0.2) is 49.8 Å². The van der Waals surface area contributed by atoms with Gasteiger partial charge >= 0.3 is 0 Å². The fraction of sp³-hybridized carbons (Fsp3) is 0.632. The summed E-state index contributed by atoms with van der Waals surface area (Å²) in [6, 6.07) is 3.65. The first kappa shape index (κ1) is 22.4. The summed E-state index contributed by atoms with van der Waals surface area (Å²) in [5.74, 6) is 1.90. The molecule has 1 amide bonds. The highest BCUT2D eigenvalue weighted by atomic mass is 35.5. The summed E-state index contributed by atoms with van der Waals surface area (Å²) in [7, 11) is 0. The van der Waals surface area contributed by atoms with E-state index in [-0.39, 0.29) is 30.3 Å². The maximum atomic E-state index is 13.0. The van der Waals surface area contributed by atoms with Crippen LogP contribution in [0.15, 0.2) is 12.1 Å². The monoisotopic (exact) mass is 386 g/mol. The third-order valence-corrected chi connectivity index (χ3v) is 4.41. The molecule has 1 saturated heterocycles. The van der Waals surface area contributed by atoms with Crippen LogP contribution in [0.25, 0.3) is 0 Å². The minimum atomic E-state index is -0.0243. The minimum absolute atomic E-state index is 0. The summed E-state index contributed by atoms with van der Waals surface area (Å²) < 4.78 is 17.1. The van der Waals surface area contributed by atoms with Gasteiger partial charge in [-0.3, -0.25) is 4.79 Å². The molecule has 0 spiro atoms. The van der Waals surface area contributed by atoms with Gasteiger partial charge in [0, 0.05) is 24.7 Å². The van der Waals surface area contributed by atoms with E-state index >= 15 is 0 Å². The normalized spacial score (nSPS) is 19.5. The molecule has 26 heavy (non-hydrogen) atoms. The average molecular weight is 387 g/mol. The molecular formula is C19H31ClN2O4. The standard InChI is InChI=1S/C19H30N2O4.ClH/c1-5-23-16-10-14(11-17(24-6-2)18(16)25-7-3)19(22)21-9-8-15(20)13(4)12-21;/h10-11,13,15H,5-9,12,20H2,1-4H3;1H. The third-order valence-electron chi connectivity index (χ3n) is 4.41. The SMILES string of the molecule is CCOc1cc(C(=O)N2CCC(N)C(C)C2)cc(OCC)c1OCC.Cl. The van der Waals surface area contributed by atoms with Crippen molar-refractivity contribution in [1.29, 1.82) is 0 Å². The minimum Gasteiger partial charge on any atom is -0.490 e. The molecule has 1 fully saturated rings. The van der Waals surface area contributed by atoms with Crippen molar-refractivity contribution in [3.05, 3.63) is 17.7 Å². The van der Waals surface area contributed by atoms with Crippen molar-refractivity contribution in [2.45, 2.75) is 40.2 Å². The number of nitrogens with two attached hydrogens (primary N) is 1. The van der Waals surface area contributed by atoms with Crippen molar-refractivity contribution in [1.82, 2.24) is 4.90 Å². The van der Waals surface area contributed by atoms with Crippen LogP contribution >= 0.6 is 12.4 Å². The number of halogens is 1. The van der Waals surface area contributed by atoms with Crippen molar-refractivity contribution in [2.24, 2.45) is 11.7 Å². The zero-order chi connectivity index (χ0) is 18.4. The molecule has 1 aromatic rings. The lowest BCUT2D eigenvalue weighted by atomic mass is 9.94. The number of ether oxygens (including phenoxy) is 3.